The van der Waals surface area contributed by atoms with Crippen molar-refractivity contribution in [1.29, 1.82) is 0 Å². The molecule has 1 aromatic rings. The average Bonchev–Trinajstić information content (AvgIpc) is 2.47. The van der Waals surface area contributed by atoms with Crippen LogP contribution in [0, 0.1) is 5.92 Å². The molecule has 110 valence electrons. The third-order valence-corrected chi connectivity index (χ3v) is 4.02. The molecule has 4 nitrogen and oxygen atoms in total. The molecule has 5 heteroatoms. The van der Waals surface area contributed by atoms with Gasteiger partial charge in [-0.05, 0) is 44.5 Å². The summed E-state index contributed by atoms with van der Waals surface area (Å²) in [6, 6.07) is 5.29. The van der Waals surface area contributed by atoms with Crippen LogP contribution in [-0.2, 0) is 0 Å². The Balaban J connectivity index is 2.18. The van der Waals surface area contributed by atoms with Gasteiger partial charge in [0.05, 0.1) is 12.1 Å². The lowest BCUT2D eigenvalue weighted by Crippen LogP contribution is -2.42. The highest BCUT2D eigenvalue weighted by atomic mass is 35.5. The number of methoxy groups -OCH3 is 1. The van der Waals surface area contributed by atoms with Gasteiger partial charge in [0, 0.05) is 13.1 Å². The predicted molar refractivity (Wildman–Crippen MR) is 80.6 cm³/mol. The third kappa shape index (κ3) is 3.25. The summed E-state index contributed by atoms with van der Waals surface area (Å²) in [6.45, 7) is 2.49. The number of amides is 1. The van der Waals surface area contributed by atoms with E-state index in [1.165, 1.54) is 0 Å². The molecule has 1 atom stereocenters. The molecule has 0 spiro atoms. The van der Waals surface area contributed by atoms with Crippen LogP contribution in [0.25, 0.3) is 0 Å². The molecular formula is C15H21ClN2O2. The fourth-order valence-corrected chi connectivity index (χ4v) is 2.99. The molecule has 0 saturated carbocycles. The fraction of sp³-hybridized carbons (Fsp3) is 0.533. The molecule has 0 unspecified atom stereocenters. The van der Waals surface area contributed by atoms with Crippen molar-refractivity contribution in [3.63, 3.8) is 0 Å². The van der Waals surface area contributed by atoms with Crippen molar-refractivity contribution in [3.05, 3.63) is 28.8 Å². The SMILES string of the molecule is CNC[C@H]1CCCN(C(=O)c2c(Cl)cccc2OC)C1. The van der Waals surface area contributed by atoms with Gasteiger partial charge in [0.1, 0.15) is 11.3 Å². The van der Waals surface area contributed by atoms with Gasteiger partial charge < -0.3 is 15.0 Å². The van der Waals surface area contributed by atoms with Crippen LogP contribution in [0.4, 0.5) is 0 Å². The molecule has 1 amide bonds. The second kappa shape index (κ2) is 6.95. The van der Waals surface area contributed by atoms with Crippen molar-refractivity contribution in [2.75, 3.05) is 33.8 Å². The minimum atomic E-state index is -0.0340. The Bertz CT molecular complexity index is 477. The summed E-state index contributed by atoms with van der Waals surface area (Å²) in [5, 5.41) is 3.63. The number of rotatable bonds is 4. The first-order valence-corrected chi connectivity index (χ1v) is 7.31. The number of carbonyl (C=O) groups is 1. The van der Waals surface area contributed by atoms with Crippen molar-refractivity contribution >= 4 is 17.5 Å². The highest BCUT2D eigenvalue weighted by molar-refractivity contribution is 6.34. The van der Waals surface area contributed by atoms with Crippen LogP contribution in [0.2, 0.25) is 5.02 Å². The second-order valence-corrected chi connectivity index (χ2v) is 5.54. The highest BCUT2D eigenvalue weighted by Gasteiger charge is 2.27. The molecule has 0 bridgehead atoms. The first-order valence-electron chi connectivity index (χ1n) is 6.93. The number of piperidine rings is 1. The summed E-state index contributed by atoms with van der Waals surface area (Å²) in [6.07, 6.45) is 2.19. The third-order valence-electron chi connectivity index (χ3n) is 3.71. The van der Waals surface area contributed by atoms with Gasteiger partial charge in [-0.2, -0.15) is 0 Å². The number of likely N-dealkylation sites (tertiary alicyclic amines) is 1. The molecule has 2 rings (SSSR count). The van der Waals surface area contributed by atoms with Crippen LogP contribution in [0.3, 0.4) is 0 Å². The van der Waals surface area contributed by atoms with Crippen LogP contribution in [0.5, 0.6) is 5.75 Å². The second-order valence-electron chi connectivity index (χ2n) is 5.13. The Labute approximate surface area is 125 Å². The Morgan fingerprint density at radius 1 is 1.55 bits per heavy atom. The molecule has 1 aromatic carbocycles. The zero-order valence-electron chi connectivity index (χ0n) is 12.0. The lowest BCUT2D eigenvalue weighted by atomic mass is 9.97. The van der Waals surface area contributed by atoms with E-state index in [9.17, 15) is 4.79 Å². The summed E-state index contributed by atoms with van der Waals surface area (Å²) < 4.78 is 5.27. The van der Waals surface area contributed by atoms with E-state index in [1.54, 1.807) is 25.3 Å². The Hall–Kier alpha value is -1.26. The maximum absolute atomic E-state index is 12.7. The van der Waals surface area contributed by atoms with Gasteiger partial charge in [-0.15, -0.1) is 0 Å². The Kier molecular flexibility index (Phi) is 5.26. The molecule has 1 heterocycles. The summed E-state index contributed by atoms with van der Waals surface area (Å²) in [5.74, 6) is 1.01. The van der Waals surface area contributed by atoms with E-state index in [0.29, 0.717) is 22.3 Å². The molecule has 0 radical (unpaired) electrons. The molecule has 1 saturated heterocycles. The smallest absolute Gasteiger partial charge is 0.259 e. The molecule has 1 aliphatic rings. The van der Waals surface area contributed by atoms with Gasteiger partial charge >= 0.3 is 0 Å². The van der Waals surface area contributed by atoms with E-state index in [-0.39, 0.29) is 5.91 Å². The summed E-state index contributed by atoms with van der Waals surface area (Å²) in [5.41, 5.74) is 0.474. The number of ether oxygens (including phenoxy) is 1. The van der Waals surface area contributed by atoms with E-state index >= 15 is 0 Å². The minimum Gasteiger partial charge on any atom is -0.496 e. The number of nitrogens with one attached hydrogen (secondary N) is 1. The van der Waals surface area contributed by atoms with Crippen molar-refractivity contribution in [1.82, 2.24) is 10.2 Å². The van der Waals surface area contributed by atoms with Crippen LogP contribution in [0.15, 0.2) is 18.2 Å². The highest BCUT2D eigenvalue weighted by Crippen LogP contribution is 2.29. The van der Waals surface area contributed by atoms with Gasteiger partial charge in [-0.1, -0.05) is 17.7 Å². The number of nitrogens with zero attached hydrogens (tertiary/aromatic N) is 1. The topological polar surface area (TPSA) is 41.6 Å². The molecule has 1 fully saturated rings. The molecule has 20 heavy (non-hydrogen) atoms. The van der Waals surface area contributed by atoms with Crippen molar-refractivity contribution in [2.45, 2.75) is 12.8 Å². The van der Waals surface area contributed by atoms with Gasteiger partial charge in [0.2, 0.25) is 0 Å². The number of hydrogen-bond donors (Lipinski definition) is 1. The monoisotopic (exact) mass is 296 g/mol. The predicted octanol–water partition coefficient (Wildman–Crippen LogP) is 2.42. The summed E-state index contributed by atoms with van der Waals surface area (Å²) >= 11 is 6.18. The van der Waals surface area contributed by atoms with E-state index in [0.717, 1.165) is 32.5 Å². The Morgan fingerprint density at radius 2 is 2.35 bits per heavy atom. The molecular weight excluding hydrogens is 276 g/mol. The Morgan fingerprint density at radius 3 is 3.05 bits per heavy atom. The van der Waals surface area contributed by atoms with Crippen LogP contribution >= 0.6 is 11.6 Å². The van der Waals surface area contributed by atoms with Crippen molar-refractivity contribution in [3.8, 4) is 5.75 Å². The number of halogens is 1. The quantitative estimate of drug-likeness (QED) is 0.928. The molecule has 0 aromatic heterocycles. The number of benzene rings is 1. The van der Waals surface area contributed by atoms with Crippen molar-refractivity contribution < 1.29 is 9.53 Å². The van der Waals surface area contributed by atoms with Gasteiger partial charge in [-0.3, -0.25) is 4.79 Å². The van der Waals surface area contributed by atoms with Crippen LogP contribution in [-0.4, -0.2) is 44.6 Å². The standard InChI is InChI=1S/C15H21ClN2O2/c1-17-9-11-5-4-8-18(10-11)15(19)14-12(16)6-3-7-13(14)20-2/h3,6-7,11,17H,4-5,8-10H2,1-2H3/t11-/m1/s1. The molecule has 0 aliphatic carbocycles. The van der Waals surface area contributed by atoms with E-state index in [2.05, 4.69) is 5.32 Å². The number of carbonyl (C=O) groups excluding carboxylic acids is 1. The molecule has 1 aliphatic heterocycles. The van der Waals surface area contributed by atoms with Crippen LogP contribution < -0.4 is 10.1 Å². The molecule has 1 N–H and O–H groups in total. The lowest BCUT2D eigenvalue weighted by Gasteiger charge is -2.33. The fourth-order valence-electron chi connectivity index (χ4n) is 2.74. The van der Waals surface area contributed by atoms with E-state index in [1.807, 2.05) is 11.9 Å². The first-order chi connectivity index (χ1) is 9.67. The zero-order chi connectivity index (χ0) is 14.5. The number of hydrogen-bond acceptors (Lipinski definition) is 3. The van der Waals surface area contributed by atoms with Gasteiger partial charge in [0.15, 0.2) is 0 Å². The maximum Gasteiger partial charge on any atom is 0.259 e. The lowest BCUT2D eigenvalue weighted by molar-refractivity contribution is 0.0671. The minimum absolute atomic E-state index is 0.0340. The normalized spacial score (nSPS) is 18.9. The van der Waals surface area contributed by atoms with E-state index < -0.39 is 0 Å². The largest absolute Gasteiger partial charge is 0.496 e. The first kappa shape index (κ1) is 15.1. The van der Waals surface area contributed by atoms with Crippen molar-refractivity contribution in [2.24, 2.45) is 5.92 Å². The maximum atomic E-state index is 12.7. The summed E-state index contributed by atoms with van der Waals surface area (Å²) in [4.78, 5) is 14.6. The van der Waals surface area contributed by atoms with Gasteiger partial charge in [-0.25, -0.2) is 0 Å². The van der Waals surface area contributed by atoms with Crippen LogP contribution in [0.1, 0.15) is 23.2 Å². The average molecular weight is 297 g/mol. The zero-order valence-corrected chi connectivity index (χ0v) is 12.7. The van der Waals surface area contributed by atoms with Gasteiger partial charge in [0.25, 0.3) is 5.91 Å². The van der Waals surface area contributed by atoms with E-state index in [4.69, 9.17) is 16.3 Å². The summed E-state index contributed by atoms with van der Waals surface area (Å²) in [7, 11) is 3.50.